The van der Waals surface area contributed by atoms with E-state index in [1.54, 1.807) is 30.3 Å². The molecule has 3 rings (SSSR count). The van der Waals surface area contributed by atoms with Gasteiger partial charge in [-0.1, -0.05) is 60.2 Å². The summed E-state index contributed by atoms with van der Waals surface area (Å²) in [4.78, 5) is 24.9. The smallest absolute Gasteiger partial charge is 0.338 e. The van der Waals surface area contributed by atoms with E-state index in [1.807, 2.05) is 37.3 Å². The highest BCUT2D eigenvalue weighted by molar-refractivity contribution is 6.20. The Morgan fingerprint density at radius 3 is 2.04 bits per heavy atom. The van der Waals surface area contributed by atoms with Gasteiger partial charge in [0, 0.05) is 16.5 Å². The van der Waals surface area contributed by atoms with Crippen molar-refractivity contribution in [3.05, 3.63) is 82.9 Å². The number of rotatable bonds is 3. The number of methoxy groups -OCH3 is 1. The molecule has 0 fully saturated rings. The fraction of sp³-hybridized carbons (Fsp3) is 0.100. The van der Waals surface area contributed by atoms with Crippen molar-refractivity contribution in [2.75, 3.05) is 7.11 Å². The number of aryl methyl sites for hydroxylation is 1. The van der Waals surface area contributed by atoms with Gasteiger partial charge in [-0.2, -0.15) is 0 Å². The summed E-state index contributed by atoms with van der Waals surface area (Å²) in [6, 6.07) is 18.2. The lowest BCUT2D eigenvalue weighted by Crippen LogP contribution is -2.07. The van der Waals surface area contributed by atoms with E-state index in [9.17, 15) is 9.59 Å². The molecule has 0 atom stereocenters. The molecule has 0 aliphatic carbocycles. The molecule has 3 nitrogen and oxygen atoms in total. The Morgan fingerprint density at radius 1 is 0.826 bits per heavy atom. The lowest BCUT2D eigenvalue weighted by atomic mass is 9.93. The van der Waals surface area contributed by atoms with E-state index in [1.165, 1.54) is 7.11 Å². The number of carbonyl (C=O) groups is 2. The average Bonchev–Trinajstić information content (AvgIpc) is 2.60. The molecule has 3 aromatic carbocycles. The first kappa shape index (κ1) is 15.0. The summed E-state index contributed by atoms with van der Waals surface area (Å²) >= 11 is 0. The van der Waals surface area contributed by atoms with Crippen molar-refractivity contribution in [1.82, 2.24) is 0 Å². The van der Waals surface area contributed by atoms with Gasteiger partial charge in [0.15, 0.2) is 5.78 Å². The number of fused-ring (bicyclic) bond motifs is 1. The Balaban J connectivity index is 2.23. The Kier molecular flexibility index (Phi) is 3.94. The number of benzene rings is 3. The molecule has 23 heavy (non-hydrogen) atoms. The van der Waals surface area contributed by atoms with Gasteiger partial charge in [0.1, 0.15) is 0 Å². The van der Waals surface area contributed by atoms with Gasteiger partial charge in [-0.15, -0.1) is 0 Å². The van der Waals surface area contributed by atoms with Crippen LogP contribution in [0.25, 0.3) is 10.8 Å². The minimum atomic E-state index is -0.445. The third-order valence-electron chi connectivity index (χ3n) is 3.87. The van der Waals surface area contributed by atoms with Gasteiger partial charge in [-0.05, 0) is 18.4 Å². The fourth-order valence-electron chi connectivity index (χ4n) is 2.67. The average molecular weight is 304 g/mol. The molecule has 0 radical (unpaired) electrons. The topological polar surface area (TPSA) is 43.4 Å². The second kappa shape index (κ2) is 6.05. The molecule has 0 spiro atoms. The summed E-state index contributed by atoms with van der Waals surface area (Å²) in [5.41, 5.74) is 2.60. The Hall–Kier alpha value is -2.94. The van der Waals surface area contributed by atoms with Crippen LogP contribution in [0.3, 0.4) is 0 Å². The molecule has 0 aromatic heterocycles. The van der Waals surface area contributed by atoms with Crippen molar-refractivity contribution >= 4 is 22.5 Å². The van der Waals surface area contributed by atoms with Gasteiger partial charge in [0.2, 0.25) is 0 Å². The second-order valence-electron chi connectivity index (χ2n) is 5.40. The molecule has 0 bridgehead atoms. The summed E-state index contributed by atoms with van der Waals surface area (Å²) in [6.45, 7) is 1.97. The molecular formula is C20H16O3. The van der Waals surface area contributed by atoms with Crippen LogP contribution in [-0.2, 0) is 4.74 Å². The van der Waals surface area contributed by atoms with Crippen LogP contribution >= 0.6 is 0 Å². The van der Waals surface area contributed by atoms with Crippen molar-refractivity contribution in [3.63, 3.8) is 0 Å². The molecule has 0 heterocycles. The van der Waals surface area contributed by atoms with Gasteiger partial charge >= 0.3 is 5.97 Å². The summed E-state index contributed by atoms with van der Waals surface area (Å²) in [5, 5.41) is 1.47. The number of hydrogen-bond acceptors (Lipinski definition) is 3. The van der Waals surface area contributed by atoms with Crippen LogP contribution in [0.4, 0.5) is 0 Å². The van der Waals surface area contributed by atoms with E-state index in [2.05, 4.69) is 0 Å². The first-order chi connectivity index (χ1) is 11.1. The molecule has 0 unspecified atom stereocenters. The highest BCUT2D eigenvalue weighted by Gasteiger charge is 2.18. The van der Waals surface area contributed by atoms with Crippen molar-refractivity contribution in [1.29, 1.82) is 0 Å². The summed E-state index contributed by atoms with van der Waals surface area (Å²) in [6.07, 6.45) is 0. The number of hydrogen-bond donors (Lipinski definition) is 0. The van der Waals surface area contributed by atoms with Crippen molar-refractivity contribution in [3.8, 4) is 0 Å². The Bertz CT molecular complexity index is 887. The third-order valence-corrected chi connectivity index (χ3v) is 3.87. The SMILES string of the molecule is COC(=O)c1cccc2cccc(C(=O)c3ccc(C)cc3)c12. The van der Waals surface area contributed by atoms with E-state index in [0.29, 0.717) is 22.1 Å². The highest BCUT2D eigenvalue weighted by atomic mass is 16.5. The maximum Gasteiger partial charge on any atom is 0.338 e. The summed E-state index contributed by atoms with van der Waals surface area (Å²) < 4.78 is 4.85. The molecule has 114 valence electrons. The minimum absolute atomic E-state index is 0.105. The molecule has 0 aliphatic rings. The highest BCUT2D eigenvalue weighted by Crippen LogP contribution is 2.26. The van der Waals surface area contributed by atoms with E-state index in [-0.39, 0.29) is 5.78 Å². The predicted molar refractivity (Wildman–Crippen MR) is 89.9 cm³/mol. The molecular weight excluding hydrogens is 288 g/mol. The van der Waals surface area contributed by atoms with E-state index in [0.717, 1.165) is 10.9 Å². The van der Waals surface area contributed by atoms with Gasteiger partial charge in [0.25, 0.3) is 0 Å². The van der Waals surface area contributed by atoms with Gasteiger partial charge < -0.3 is 4.74 Å². The molecule has 3 aromatic rings. The van der Waals surface area contributed by atoms with Crippen LogP contribution in [-0.4, -0.2) is 18.9 Å². The lowest BCUT2D eigenvalue weighted by molar-refractivity contribution is 0.0603. The molecule has 0 N–H and O–H groups in total. The first-order valence-corrected chi connectivity index (χ1v) is 7.33. The Labute approximate surface area is 134 Å². The van der Waals surface area contributed by atoms with E-state index >= 15 is 0 Å². The van der Waals surface area contributed by atoms with Crippen molar-refractivity contribution in [2.24, 2.45) is 0 Å². The number of ketones is 1. The zero-order valence-electron chi connectivity index (χ0n) is 13.0. The van der Waals surface area contributed by atoms with Crippen LogP contribution in [0.5, 0.6) is 0 Å². The number of carbonyl (C=O) groups excluding carboxylic acids is 2. The fourth-order valence-corrected chi connectivity index (χ4v) is 2.67. The van der Waals surface area contributed by atoms with Gasteiger partial charge in [-0.25, -0.2) is 4.79 Å². The van der Waals surface area contributed by atoms with Crippen LogP contribution in [0.1, 0.15) is 31.8 Å². The second-order valence-corrected chi connectivity index (χ2v) is 5.40. The molecule has 0 saturated carbocycles. The monoisotopic (exact) mass is 304 g/mol. The molecule has 0 saturated heterocycles. The molecule has 0 aliphatic heterocycles. The van der Waals surface area contributed by atoms with E-state index in [4.69, 9.17) is 4.74 Å². The maximum atomic E-state index is 12.9. The van der Waals surface area contributed by atoms with Crippen LogP contribution < -0.4 is 0 Å². The third kappa shape index (κ3) is 2.73. The maximum absolute atomic E-state index is 12.9. The van der Waals surface area contributed by atoms with Crippen molar-refractivity contribution in [2.45, 2.75) is 6.92 Å². The number of esters is 1. The summed E-state index contributed by atoms with van der Waals surface area (Å²) in [7, 11) is 1.34. The summed E-state index contributed by atoms with van der Waals surface area (Å²) in [5.74, 6) is -0.549. The minimum Gasteiger partial charge on any atom is -0.465 e. The van der Waals surface area contributed by atoms with Gasteiger partial charge in [0.05, 0.1) is 12.7 Å². The van der Waals surface area contributed by atoms with Crippen molar-refractivity contribution < 1.29 is 14.3 Å². The van der Waals surface area contributed by atoms with Crippen LogP contribution in [0.2, 0.25) is 0 Å². The zero-order chi connectivity index (χ0) is 16.4. The predicted octanol–water partition coefficient (Wildman–Crippen LogP) is 4.17. The normalized spacial score (nSPS) is 10.5. The Morgan fingerprint density at radius 2 is 1.43 bits per heavy atom. The molecule has 0 amide bonds. The first-order valence-electron chi connectivity index (χ1n) is 7.33. The zero-order valence-corrected chi connectivity index (χ0v) is 13.0. The van der Waals surface area contributed by atoms with Crippen LogP contribution in [0, 0.1) is 6.92 Å². The lowest BCUT2D eigenvalue weighted by Gasteiger charge is -2.10. The van der Waals surface area contributed by atoms with E-state index < -0.39 is 5.97 Å². The largest absolute Gasteiger partial charge is 0.465 e. The number of ether oxygens (including phenoxy) is 1. The standard InChI is InChI=1S/C20H16O3/c1-13-9-11-15(12-10-13)19(21)16-7-3-5-14-6-4-8-17(18(14)16)20(22)23-2/h3-12H,1-2H3. The van der Waals surface area contributed by atoms with Gasteiger partial charge in [-0.3, -0.25) is 4.79 Å². The molecule has 3 heteroatoms. The quantitative estimate of drug-likeness (QED) is 0.539. The van der Waals surface area contributed by atoms with Crippen LogP contribution in [0.15, 0.2) is 60.7 Å².